The largest absolute Gasteiger partial charge is 0.280 e. The number of nitrogens with one attached hydrogen (secondary N) is 2. The van der Waals surface area contributed by atoms with Gasteiger partial charge in [-0.25, -0.2) is 25.6 Å². The van der Waals surface area contributed by atoms with E-state index in [-0.39, 0.29) is 16.3 Å². The van der Waals surface area contributed by atoms with Crippen molar-refractivity contribution in [1.29, 1.82) is 0 Å². The van der Waals surface area contributed by atoms with Crippen LogP contribution in [0.5, 0.6) is 0 Å². The minimum absolute atomic E-state index is 0.119. The molecule has 0 atom stereocenters. The zero-order valence-electron chi connectivity index (χ0n) is 14.1. The van der Waals surface area contributed by atoms with Gasteiger partial charge in [0.15, 0.2) is 0 Å². The second-order valence-corrected chi connectivity index (χ2v) is 9.01. The van der Waals surface area contributed by atoms with Crippen LogP contribution in [0, 0.1) is 11.6 Å². The van der Waals surface area contributed by atoms with Gasteiger partial charge in [0.05, 0.1) is 4.90 Å². The molecule has 0 aliphatic carbocycles. The van der Waals surface area contributed by atoms with Crippen molar-refractivity contribution in [2.45, 2.75) is 9.79 Å². The summed E-state index contributed by atoms with van der Waals surface area (Å²) in [6, 6.07) is 14.5. The van der Waals surface area contributed by atoms with Gasteiger partial charge in [0.1, 0.15) is 16.5 Å². The zero-order valence-corrected chi connectivity index (χ0v) is 15.8. The molecule has 6 nitrogen and oxygen atoms in total. The van der Waals surface area contributed by atoms with Crippen LogP contribution in [-0.2, 0) is 20.0 Å². The van der Waals surface area contributed by atoms with Crippen LogP contribution in [0.1, 0.15) is 0 Å². The van der Waals surface area contributed by atoms with Gasteiger partial charge >= 0.3 is 0 Å². The lowest BCUT2D eigenvalue weighted by molar-refractivity contribution is 0.570. The number of hydrogen-bond acceptors (Lipinski definition) is 4. The highest BCUT2D eigenvalue weighted by Gasteiger charge is 2.19. The second-order valence-electron chi connectivity index (χ2n) is 5.67. The fraction of sp³-hybridized carbons (Fsp3) is 0. The number of halogens is 2. The van der Waals surface area contributed by atoms with Crippen LogP contribution in [0.4, 0.5) is 20.2 Å². The van der Waals surface area contributed by atoms with Crippen molar-refractivity contribution in [3.63, 3.8) is 0 Å². The summed E-state index contributed by atoms with van der Waals surface area (Å²) in [6.07, 6.45) is 0. The van der Waals surface area contributed by atoms with Crippen LogP contribution < -0.4 is 9.44 Å². The molecule has 3 aromatic carbocycles. The summed E-state index contributed by atoms with van der Waals surface area (Å²) >= 11 is 0. The van der Waals surface area contributed by atoms with E-state index in [1.807, 2.05) is 0 Å². The quantitative estimate of drug-likeness (QED) is 0.633. The molecule has 0 aliphatic heterocycles. The average molecular weight is 424 g/mol. The Morgan fingerprint density at radius 2 is 1.11 bits per heavy atom. The molecule has 0 saturated carbocycles. The standard InChI is InChI=1S/C18H14F2N2O4S2/c19-13-5-11-16(12-6-13)27(23,24)21-14-7-9-15(10-8-14)22-28(25,26)18-4-2-1-3-17(18)20/h1-12,21-22H. The molecular formula is C18H14F2N2O4S2. The van der Waals surface area contributed by atoms with E-state index in [1.165, 1.54) is 36.4 Å². The Bertz CT molecular complexity index is 1200. The van der Waals surface area contributed by atoms with Gasteiger partial charge < -0.3 is 0 Å². The molecule has 0 aromatic heterocycles. The first kappa shape index (κ1) is 19.8. The summed E-state index contributed by atoms with van der Waals surface area (Å²) in [4.78, 5) is -0.630. The van der Waals surface area contributed by atoms with Gasteiger partial charge in [-0.1, -0.05) is 12.1 Å². The van der Waals surface area contributed by atoms with Crippen LogP contribution in [0.25, 0.3) is 0 Å². The van der Waals surface area contributed by atoms with Gasteiger partial charge in [0.25, 0.3) is 20.0 Å². The zero-order chi connectivity index (χ0) is 20.4. The molecule has 146 valence electrons. The average Bonchev–Trinajstić information content (AvgIpc) is 2.63. The predicted molar refractivity (Wildman–Crippen MR) is 101 cm³/mol. The van der Waals surface area contributed by atoms with E-state index >= 15 is 0 Å². The number of sulfonamides is 2. The third-order valence-electron chi connectivity index (χ3n) is 3.64. The second kappa shape index (κ2) is 7.56. The van der Waals surface area contributed by atoms with Gasteiger partial charge in [-0.15, -0.1) is 0 Å². The van der Waals surface area contributed by atoms with E-state index in [0.717, 1.165) is 36.4 Å². The molecule has 0 saturated heterocycles. The number of benzene rings is 3. The molecule has 3 rings (SSSR count). The van der Waals surface area contributed by atoms with Gasteiger partial charge in [-0.05, 0) is 60.7 Å². The maximum absolute atomic E-state index is 13.7. The molecule has 0 heterocycles. The summed E-state index contributed by atoms with van der Waals surface area (Å²) in [5.74, 6) is -1.45. The fourth-order valence-corrected chi connectivity index (χ4v) is 4.50. The van der Waals surface area contributed by atoms with Gasteiger partial charge in [0.2, 0.25) is 0 Å². The molecule has 3 aromatic rings. The third-order valence-corrected chi connectivity index (χ3v) is 6.45. The molecule has 0 aliphatic rings. The van der Waals surface area contributed by atoms with E-state index < -0.39 is 36.6 Å². The Kier molecular flexibility index (Phi) is 5.34. The molecule has 28 heavy (non-hydrogen) atoms. The van der Waals surface area contributed by atoms with Crippen molar-refractivity contribution in [2.24, 2.45) is 0 Å². The van der Waals surface area contributed by atoms with Crippen molar-refractivity contribution in [2.75, 3.05) is 9.44 Å². The molecule has 0 spiro atoms. The van der Waals surface area contributed by atoms with Crippen molar-refractivity contribution in [3.05, 3.63) is 84.4 Å². The Hall–Kier alpha value is -2.98. The smallest absolute Gasteiger partial charge is 0.264 e. The Morgan fingerprint density at radius 1 is 0.607 bits per heavy atom. The fourth-order valence-electron chi connectivity index (χ4n) is 2.31. The van der Waals surface area contributed by atoms with Crippen molar-refractivity contribution >= 4 is 31.4 Å². The highest BCUT2D eigenvalue weighted by Crippen LogP contribution is 2.22. The summed E-state index contributed by atoms with van der Waals surface area (Å²) in [5, 5.41) is 0. The van der Waals surface area contributed by atoms with Crippen molar-refractivity contribution in [3.8, 4) is 0 Å². The first-order valence-corrected chi connectivity index (χ1v) is 10.8. The number of anilines is 2. The predicted octanol–water partition coefficient (Wildman–Crippen LogP) is 3.57. The first-order valence-electron chi connectivity index (χ1n) is 7.83. The van der Waals surface area contributed by atoms with E-state index in [4.69, 9.17) is 0 Å². The van der Waals surface area contributed by atoms with Crippen LogP contribution in [-0.4, -0.2) is 16.8 Å². The minimum atomic E-state index is -4.14. The molecule has 10 heteroatoms. The van der Waals surface area contributed by atoms with E-state index in [9.17, 15) is 25.6 Å². The molecule has 2 N–H and O–H groups in total. The summed E-state index contributed by atoms with van der Waals surface area (Å²) in [5.41, 5.74) is 0.283. The maximum atomic E-state index is 13.7. The molecule has 0 fully saturated rings. The summed E-state index contributed by atoms with van der Waals surface area (Å²) < 4.78 is 80.2. The van der Waals surface area contributed by atoms with Gasteiger partial charge in [-0.3, -0.25) is 9.44 Å². The summed E-state index contributed by atoms with van der Waals surface area (Å²) in [6.45, 7) is 0. The Labute approximate surface area is 160 Å². The van der Waals surface area contributed by atoms with E-state index in [2.05, 4.69) is 9.44 Å². The van der Waals surface area contributed by atoms with E-state index in [1.54, 1.807) is 0 Å². The Morgan fingerprint density at radius 3 is 1.64 bits per heavy atom. The lowest BCUT2D eigenvalue weighted by atomic mass is 10.3. The number of rotatable bonds is 6. The monoisotopic (exact) mass is 424 g/mol. The summed E-state index contributed by atoms with van der Waals surface area (Å²) in [7, 11) is -8.07. The molecule has 0 unspecified atom stereocenters. The van der Waals surface area contributed by atoms with Crippen LogP contribution in [0.2, 0.25) is 0 Å². The topological polar surface area (TPSA) is 92.3 Å². The maximum Gasteiger partial charge on any atom is 0.264 e. The SMILES string of the molecule is O=S(=O)(Nc1ccc(NS(=O)(=O)c2ccccc2F)cc1)c1ccc(F)cc1. The van der Waals surface area contributed by atoms with E-state index in [0.29, 0.717) is 0 Å². The van der Waals surface area contributed by atoms with Crippen LogP contribution in [0.15, 0.2) is 82.6 Å². The lowest BCUT2D eigenvalue weighted by Crippen LogP contribution is -2.15. The molecular weight excluding hydrogens is 410 g/mol. The molecule has 0 radical (unpaired) electrons. The molecule has 0 bridgehead atoms. The van der Waals surface area contributed by atoms with Crippen LogP contribution in [0.3, 0.4) is 0 Å². The highest BCUT2D eigenvalue weighted by atomic mass is 32.2. The normalized spacial score (nSPS) is 11.8. The lowest BCUT2D eigenvalue weighted by Gasteiger charge is -2.11. The van der Waals surface area contributed by atoms with Crippen LogP contribution >= 0.6 is 0 Å². The minimum Gasteiger partial charge on any atom is -0.280 e. The third kappa shape index (κ3) is 4.46. The highest BCUT2D eigenvalue weighted by molar-refractivity contribution is 7.93. The molecule has 0 amide bonds. The van der Waals surface area contributed by atoms with Gasteiger partial charge in [0, 0.05) is 11.4 Å². The van der Waals surface area contributed by atoms with Crippen molar-refractivity contribution < 1.29 is 25.6 Å². The number of hydrogen-bond donors (Lipinski definition) is 2. The first-order chi connectivity index (χ1) is 13.2. The van der Waals surface area contributed by atoms with Crippen molar-refractivity contribution in [1.82, 2.24) is 0 Å². The van der Waals surface area contributed by atoms with Gasteiger partial charge in [-0.2, -0.15) is 0 Å². The Balaban J connectivity index is 1.77.